The Balaban J connectivity index is 1.20. The van der Waals surface area contributed by atoms with Crippen molar-refractivity contribution in [3.05, 3.63) is 35.9 Å². The highest BCUT2D eigenvalue weighted by Crippen LogP contribution is 2.35. The summed E-state index contributed by atoms with van der Waals surface area (Å²) in [6.45, 7) is 1.43. The molecule has 0 aromatic heterocycles. The van der Waals surface area contributed by atoms with Crippen LogP contribution >= 0.6 is 0 Å². The van der Waals surface area contributed by atoms with Gasteiger partial charge in [0, 0.05) is 37.8 Å². The van der Waals surface area contributed by atoms with Crippen LogP contribution < -0.4 is 15.5 Å². The molecule has 2 aliphatic heterocycles. The summed E-state index contributed by atoms with van der Waals surface area (Å²) in [7, 11) is 0. The van der Waals surface area contributed by atoms with E-state index in [-0.39, 0.29) is 23.8 Å². The number of hydrogen-bond donors (Lipinski definition) is 2. The van der Waals surface area contributed by atoms with Crippen LogP contribution in [0.1, 0.15) is 50.5 Å². The molecular formula is C23H28N4O4. The van der Waals surface area contributed by atoms with Crippen LogP contribution in [0.3, 0.4) is 0 Å². The van der Waals surface area contributed by atoms with Crippen molar-refractivity contribution < 1.29 is 19.2 Å². The van der Waals surface area contributed by atoms with Crippen molar-refractivity contribution in [2.75, 3.05) is 24.5 Å². The number of anilines is 1. The Morgan fingerprint density at radius 3 is 2.52 bits per heavy atom. The van der Waals surface area contributed by atoms with Crippen molar-refractivity contribution in [2.45, 2.75) is 50.5 Å². The van der Waals surface area contributed by atoms with Gasteiger partial charge in [0.05, 0.1) is 0 Å². The minimum absolute atomic E-state index is 0.125. The van der Waals surface area contributed by atoms with Crippen molar-refractivity contribution in [3.8, 4) is 0 Å². The average molecular weight is 425 g/mol. The number of carbonyl (C=O) groups excluding carboxylic acids is 4. The summed E-state index contributed by atoms with van der Waals surface area (Å²) in [5.41, 5.74) is 1.07. The van der Waals surface area contributed by atoms with E-state index in [4.69, 9.17) is 0 Å². The molecule has 1 spiro atoms. The van der Waals surface area contributed by atoms with Gasteiger partial charge in [-0.1, -0.05) is 25.0 Å². The van der Waals surface area contributed by atoms with Crippen LogP contribution in [0.5, 0.6) is 0 Å². The lowest BCUT2D eigenvalue weighted by Crippen LogP contribution is -2.44. The van der Waals surface area contributed by atoms with Gasteiger partial charge < -0.3 is 15.5 Å². The highest BCUT2D eigenvalue weighted by molar-refractivity contribution is 6.07. The smallest absolute Gasteiger partial charge is 0.325 e. The number of imide groups is 1. The number of benzene rings is 1. The van der Waals surface area contributed by atoms with Crippen molar-refractivity contribution >= 4 is 35.5 Å². The zero-order chi connectivity index (χ0) is 21.8. The van der Waals surface area contributed by atoms with Crippen LogP contribution in [-0.4, -0.2) is 53.8 Å². The zero-order valence-corrected chi connectivity index (χ0v) is 17.6. The fourth-order valence-electron chi connectivity index (χ4n) is 4.56. The molecule has 2 N–H and O–H groups in total. The summed E-state index contributed by atoms with van der Waals surface area (Å²) in [6, 6.07) is 7.20. The van der Waals surface area contributed by atoms with Gasteiger partial charge in [-0.15, -0.1) is 0 Å². The van der Waals surface area contributed by atoms with E-state index in [2.05, 4.69) is 10.6 Å². The molecule has 4 rings (SSSR count). The Hall–Kier alpha value is -3.16. The molecule has 0 radical (unpaired) electrons. The van der Waals surface area contributed by atoms with Crippen LogP contribution in [-0.2, 0) is 14.4 Å². The lowest BCUT2D eigenvalue weighted by atomic mass is 9.98. The van der Waals surface area contributed by atoms with Crippen molar-refractivity contribution in [1.29, 1.82) is 0 Å². The van der Waals surface area contributed by atoms with Crippen molar-refractivity contribution in [2.24, 2.45) is 0 Å². The Morgan fingerprint density at radius 2 is 1.84 bits per heavy atom. The number of carbonyl (C=O) groups is 4. The average Bonchev–Trinajstić information content (AvgIpc) is 3.46. The third-order valence-corrected chi connectivity index (χ3v) is 6.27. The first-order valence-corrected chi connectivity index (χ1v) is 11.0. The second kappa shape index (κ2) is 8.91. The maximum Gasteiger partial charge on any atom is 0.325 e. The van der Waals surface area contributed by atoms with Gasteiger partial charge in [0.2, 0.25) is 11.8 Å². The van der Waals surface area contributed by atoms with Gasteiger partial charge in [0.25, 0.3) is 5.91 Å². The number of urea groups is 1. The maximum atomic E-state index is 12.6. The molecule has 3 aliphatic rings. The molecule has 1 aromatic carbocycles. The summed E-state index contributed by atoms with van der Waals surface area (Å²) < 4.78 is 0. The number of nitrogens with one attached hydrogen (secondary N) is 2. The largest absolute Gasteiger partial charge is 0.352 e. The number of amides is 5. The van der Waals surface area contributed by atoms with E-state index in [1.54, 1.807) is 11.0 Å². The van der Waals surface area contributed by atoms with Gasteiger partial charge in [-0.2, -0.15) is 0 Å². The monoisotopic (exact) mass is 424 g/mol. The van der Waals surface area contributed by atoms with Gasteiger partial charge in [-0.25, -0.2) is 4.79 Å². The van der Waals surface area contributed by atoms with Crippen molar-refractivity contribution in [3.63, 3.8) is 0 Å². The quantitative estimate of drug-likeness (QED) is 0.398. The van der Waals surface area contributed by atoms with Crippen LogP contribution in [0.25, 0.3) is 6.08 Å². The molecule has 2 heterocycles. The molecule has 0 bridgehead atoms. The number of rotatable bonds is 7. The second-order valence-electron chi connectivity index (χ2n) is 8.39. The Labute approximate surface area is 181 Å². The molecule has 1 aromatic rings. The van der Waals surface area contributed by atoms with E-state index in [0.29, 0.717) is 38.8 Å². The van der Waals surface area contributed by atoms with Crippen LogP contribution in [0.15, 0.2) is 30.3 Å². The summed E-state index contributed by atoms with van der Waals surface area (Å²) in [4.78, 5) is 51.6. The van der Waals surface area contributed by atoms with Crippen LogP contribution in [0, 0.1) is 0 Å². The van der Waals surface area contributed by atoms with Crippen molar-refractivity contribution in [1.82, 2.24) is 15.5 Å². The Morgan fingerprint density at radius 1 is 1.10 bits per heavy atom. The van der Waals surface area contributed by atoms with E-state index in [0.717, 1.165) is 37.1 Å². The fraction of sp³-hybridized carbons (Fsp3) is 0.478. The Bertz CT molecular complexity index is 903. The molecule has 1 aliphatic carbocycles. The summed E-state index contributed by atoms with van der Waals surface area (Å²) in [5, 5.41) is 5.64. The highest BCUT2D eigenvalue weighted by atomic mass is 16.2. The van der Waals surface area contributed by atoms with Gasteiger partial charge in [0.1, 0.15) is 5.54 Å². The van der Waals surface area contributed by atoms with Gasteiger partial charge in [-0.05, 0) is 49.5 Å². The molecular weight excluding hydrogens is 396 g/mol. The summed E-state index contributed by atoms with van der Waals surface area (Å²) >= 11 is 0. The van der Waals surface area contributed by atoms with Gasteiger partial charge in [-0.3, -0.25) is 19.3 Å². The third kappa shape index (κ3) is 4.47. The SMILES string of the molecule is O=C(/C=C/c1ccc(N2CCCC2=O)cc1)NCCCN1C(=O)NC2(CCCC2)C1=O. The van der Waals surface area contributed by atoms with E-state index in [1.165, 1.54) is 11.0 Å². The Kier molecular flexibility index (Phi) is 6.06. The molecule has 0 unspecified atom stereocenters. The molecule has 31 heavy (non-hydrogen) atoms. The number of nitrogens with zero attached hydrogens (tertiary/aromatic N) is 2. The van der Waals surface area contributed by atoms with Gasteiger partial charge in [0.15, 0.2) is 0 Å². The molecule has 1 saturated carbocycles. The number of hydrogen-bond acceptors (Lipinski definition) is 4. The molecule has 3 fully saturated rings. The second-order valence-corrected chi connectivity index (χ2v) is 8.39. The molecule has 2 saturated heterocycles. The first kappa shape index (κ1) is 21.1. The first-order valence-electron chi connectivity index (χ1n) is 11.0. The maximum absolute atomic E-state index is 12.6. The lowest BCUT2D eigenvalue weighted by Gasteiger charge is -2.19. The van der Waals surface area contributed by atoms with Crippen LogP contribution in [0.2, 0.25) is 0 Å². The fourth-order valence-corrected chi connectivity index (χ4v) is 4.56. The molecule has 8 nitrogen and oxygen atoms in total. The van der Waals surface area contributed by atoms with E-state index >= 15 is 0 Å². The first-order chi connectivity index (χ1) is 15.0. The topological polar surface area (TPSA) is 98.8 Å². The van der Waals surface area contributed by atoms with E-state index < -0.39 is 5.54 Å². The highest BCUT2D eigenvalue weighted by Gasteiger charge is 2.51. The molecule has 8 heteroatoms. The van der Waals surface area contributed by atoms with Gasteiger partial charge >= 0.3 is 6.03 Å². The van der Waals surface area contributed by atoms with E-state index in [9.17, 15) is 19.2 Å². The molecule has 164 valence electrons. The molecule has 0 atom stereocenters. The predicted molar refractivity (Wildman–Crippen MR) is 116 cm³/mol. The van der Waals surface area contributed by atoms with E-state index in [1.807, 2.05) is 24.3 Å². The lowest BCUT2D eigenvalue weighted by molar-refractivity contribution is -0.131. The predicted octanol–water partition coefficient (Wildman–Crippen LogP) is 2.20. The minimum Gasteiger partial charge on any atom is -0.352 e. The third-order valence-electron chi connectivity index (χ3n) is 6.27. The minimum atomic E-state index is -0.680. The molecule has 5 amide bonds. The van der Waals surface area contributed by atoms with Crippen LogP contribution in [0.4, 0.5) is 10.5 Å². The standard InChI is InChI=1S/C23H28N4O4/c28-19(11-8-17-6-9-18(10-7-17)26-15-3-5-20(26)29)24-14-4-16-27-21(30)23(25-22(27)31)12-1-2-13-23/h6-11H,1-5,12-16H2,(H,24,28)(H,25,31)/b11-8+. The zero-order valence-electron chi connectivity index (χ0n) is 17.6. The normalized spacial score (nSPS) is 20.3. The summed E-state index contributed by atoms with van der Waals surface area (Å²) in [6.07, 6.45) is 8.51. The summed E-state index contributed by atoms with van der Waals surface area (Å²) in [5.74, 6) is -0.210.